The lowest BCUT2D eigenvalue weighted by Gasteiger charge is -2.41. The molecule has 2 atom stereocenters. The Hall–Kier alpha value is 0.270. The fraction of sp³-hybridized carbons (Fsp3) is 1.00. The smallest absolute Gasteiger partial charge is 0.0693 e. The first-order chi connectivity index (χ1) is 6.63. The molecule has 1 aliphatic carbocycles. The van der Waals surface area contributed by atoms with Gasteiger partial charge >= 0.3 is 0 Å². The van der Waals surface area contributed by atoms with E-state index in [0.29, 0.717) is 16.9 Å². The van der Waals surface area contributed by atoms with Crippen LogP contribution in [0.4, 0.5) is 0 Å². The number of hydrogen-bond acceptors (Lipinski definition) is 3. The van der Waals surface area contributed by atoms with Gasteiger partial charge in [0.25, 0.3) is 0 Å². The predicted molar refractivity (Wildman–Crippen MR) is 64.0 cm³/mol. The van der Waals surface area contributed by atoms with Gasteiger partial charge in [-0.2, -0.15) is 11.8 Å². The van der Waals surface area contributed by atoms with Crippen molar-refractivity contribution in [1.29, 1.82) is 0 Å². The molecule has 84 valence electrons. The van der Waals surface area contributed by atoms with Gasteiger partial charge in [0.1, 0.15) is 0 Å². The van der Waals surface area contributed by atoms with E-state index >= 15 is 0 Å². The Balaban J connectivity index is 2.25. The van der Waals surface area contributed by atoms with E-state index in [1.54, 1.807) is 7.11 Å². The van der Waals surface area contributed by atoms with Gasteiger partial charge in [0.05, 0.1) is 6.10 Å². The fourth-order valence-electron chi connectivity index (χ4n) is 1.74. The van der Waals surface area contributed by atoms with Crippen LogP contribution in [-0.4, -0.2) is 36.8 Å². The van der Waals surface area contributed by atoms with Crippen LogP contribution in [0.15, 0.2) is 0 Å². The van der Waals surface area contributed by atoms with Crippen molar-refractivity contribution in [1.82, 2.24) is 5.32 Å². The van der Waals surface area contributed by atoms with Gasteiger partial charge in [-0.05, 0) is 32.9 Å². The van der Waals surface area contributed by atoms with Gasteiger partial charge in [-0.1, -0.05) is 6.42 Å². The molecular formula is C11H23NOS. The van der Waals surface area contributed by atoms with E-state index in [1.807, 2.05) is 11.8 Å². The Bertz CT molecular complexity index is 165. The highest BCUT2D eigenvalue weighted by Gasteiger charge is 2.36. The molecule has 0 saturated heterocycles. The van der Waals surface area contributed by atoms with Crippen molar-refractivity contribution in [2.45, 2.75) is 50.0 Å². The number of nitrogens with one attached hydrogen (secondary N) is 1. The summed E-state index contributed by atoms with van der Waals surface area (Å²) in [4.78, 5) is 0. The SMILES string of the molecule is COC(C)C(C)NCC1(SC)CCC1. The molecule has 1 rings (SSSR count). The van der Waals surface area contributed by atoms with Crippen molar-refractivity contribution in [2.75, 3.05) is 19.9 Å². The first kappa shape index (κ1) is 12.3. The molecule has 3 heteroatoms. The van der Waals surface area contributed by atoms with E-state index in [9.17, 15) is 0 Å². The number of rotatable bonds is 6. The van der Waals surface area contributed by atoms with Crippen molar-refractivity contribution in [3.63, 3.8) is 0 Å². The van der Waals surface area contributed by atoms with Crippen LogP contribution < -0.4 is 5.32 Å². The molecule has 1 N–H and O–H groups in total. The van der Waals surface area contributed by atoms with Gasteiger partial charge in [0, 0.05) is 24.4 Å². The van der Waals surface area contributed by atoms with Crippen molar-refractivity contribution < 1.29 is 4.74 Å². The van der Waals surface area contributed by atoms with Crippen LogP contribution in [-0.2, 0) is 4.74 Å². The minimum Gasteiger partial charge on any atom is -0.380 e. The Morgan fingerprint density at radius 2 is 2.07 bits per heavy atom. The van der Waals surface area contributed by atoms with Gasteiger partial charge in [-0.25, -0.2) is 0 Å². The Morgan fingerprint density at radius 3 is 2.43 bits per heavy atom. The van der Waals surface area contributed by atoms with E-state index in [2.05, 4.69) is 25.4 Å². The Labute approximate surface area is 92.2 Å². The van der Waals surface area contributed by atoms with Gasteiger partial charge in [0.2, 0.25) is 0 Å². The van der Waals surface area contributed by atoms with Crippen molar-refractivity contribution >= 4 is 11.8 Å². The zero-order chi connectivity index (χ0) is 10.6. The second-order valence-corrected chi connectivity index (χ2v) is 5.63. The topological polar surface area (TPSA) is 21.3 Å². The van der Waals surface area contributed by atoms with E-state index in [-0.39, 0.29) is 0 Å². The summed E-state index contributed by atoms with van der Waals surface area (Å²) in [6, 6.07) is 0.449. The lowest BCUT2D eigenvalue weighted by atomic mass is 9.84. The fourth-order valence-corrected chi connectivity index (χ4v) is 2.67. The number of ether oxygens (including phenoxy) is 1. The summed E-state index contributed by atoms with van der Waals surface area (Å²) in [6.07, 6.45) is 6.67. The molecule has 0 aliphatic heterocycles. The highest BCUT2D eigenvalue weighted by atomic mass is 32.2. The average Bonchev–Trinajstić information content (AvgIpc) is 2.15. The standard InChI is InChI=1S/C11H23NOS/c1-9(10(2)13-3)12-8-11(14-4)6-5-7-11/h9-10,12H,5-8H2,1-4H3. The summed E-state index contributed by atoms with van der Waals surface area (Å²) in [5.74, 6) is 0. The minimum atomic E-state index is 0.300. The van der Waals surface area contributed by atoms with Crippen molar-refractivity contribution in [3.8, 4) is 0 Å². The van der Waals surface area contributed by atoms with Crippen LogP contribution in [0.25, 0.3) is 0 Å². The van der Waals surface area contributed by atoms with Crippen LogP contribution in [0, 0.1) is 0 Å². The molecule has 0 aromatic heterocycles. The van der Waals surface area contributed by atoms with Crippen LogP contribution in [0.1, 0.15) is 33.1 Å². The Kier molecular flexibility index (Phi) is 4.74. The molecule has 0 aromatic rings. The summed E-state index contributed by atoms with van der Waals surface area (Å²) in [5.41, 5.74) is 0. The Morgan fingerprint density at radius 1 is 1.43 bits per heavy atom. The normalized spacial score (nSPS) is 24.0. The lowest BCUT2D eigenvalue weighted by molar-refractivity contribution is 0.0865. The molecule has 0 bridgehead atoms. The third kappa shape index (κ3) is 2.88. The summed E-state index contributed by atoms with van der Waals surface area (Å²) < 4.78 is 5.82. The number of methoxy groups -OCH3 is 1. The quantitative estimate of drug-likeness (QED) is 0.737. The molecule has 2 unspecified atom stereocenters. The minimum absolute atomic E-state index is 0.300. The van der Waals surface area contributed by atoms with Crippen LogP contribution >= 0.6 is 11.8 Å². The van der Waals surface area contributed by atoms with E-state index < -0.39 is 0 Å². The van der Waals surface area contributed by atoms with Crippen LogP contribution in [0.5, 0.6) is 0 Å². The molecule has 1 aliphatic rings. The summed E-state index contributed by atoms with van der Waals surface area (Å²) in [5, 5.41) is 3.58. The first-order valence-electron chi connectivity index (χ1n) is 5.45. The highest BCUT2D eigenvalue weighted by molar-refractivity contribution is 8.00. The van der Waals surface area contributed by atoms with E-state index in [4.69, 9.17) is 4.74 Å². The molecule has 0 spiro atoms. The van der Waals surface area contributed by atoms with Crippen molar-refractivity contribution in [3.05, 3.63) is 0 Å². The number of thioether (sulfide) groups is 1. The first-order valence-corrected chi connectivity index (χ1v) is 6.67. The second-order valence-electron chi connectivity index (χ2n) is 4.35. The van der Waals surface area contributed by atoms with Gasteiger partial charge in [0.15, 0.2) is 0 Å². The van der Waals surface area contributed by atoms with Gasteiger partial charge in [-0.15, -0.1) is 0 Å². The molecule has 14 heavy (non-hydrogen) atoms. The van der Waals surface area contributed by atoms with E-state index in [1.165, 1.54) is 19.3 Å². The largest absolute Gasteiger partial charge is 0.380 e. The maximum Gasteiger partial charge on any atom is 0.0693 e. The highest BCUT2D eigenvalue weighted by Crippen LogP contribution is 2.42. The molecule has 1 saturated carbocycles. The van der Waals surface area contributed by atoms with Crippen molar-refractivity contribution in [2.24, 2.45) is 0 Å². The maximum absolute atomic E-state index is 5.29. The zero-order valence-corrected chi connectivity index (χ0v) is 10.6. The molecule has 2 nitrogen and oxygen atoms in total. The van der Waals surface area contributed by atoms with Crippen LogP contribution in [0.3, 0.4) is 0 Å². The molecule has 0 heterocycles. The third-order valence-corrected chi connectivity index (χ3v) is 4.94. The van der Waals surface area contributed by atoms with E-state index in [0.717, 1.165) is 6.54 Å². The molecule has 0 amide bonds. The molecular weight excluding hydrogens is 194 g/mol. The predicted octanol–water partition coefficient (Wildman–Crippen LogP) is 2.29. The lowest BCUT2D eigenvalue weighted by Crippen LogP contribution is -2.48. The summed E-state index contributed by atoms with van der Waals surface area (Å²) in [7, 11) is 1.77. The van der Waals surface area contributed by atoms with Crippen LogP contribution in [0.2, 0.25) is 0 Å². The average molecular weight is 217 g/mol. The zero-order valence-electron chi connectivity index (χ0n) is 9.80. The number of hydrogen-bond donors (Lipinski definition) is 1. The molecule has 0 aromatic carbocycles. The maximum atomic E-state index is 5.29. The summed E-state index contributed by atoms with van der Waals surface area (Å²) >= 11 is 2.02. The third-order valence-electron chi connectivity index (χ3n) is 3.52. The monoisotopic (exact) mass is 217 g/mol. The van der Waals surface area contributed by atoms with Gasteiger partial charge < -0.3 is 10.1 Å². The molecule has 1 fully saturated rings. The summed E-state index contributed by atoms with van der Waals surface area (Å²) in [6.45, 7) is 5.44. The molecule has 0 radical (unpaired) electrons. The second kappa shape index (κ2) is 5.38. The van der Waals surface area contributed by atoms with Gasteiger partial charge in [-0.3, -0.25) is 0 Å².